The first-order chi connectivity index (χ1) is 14.2. The number of aromatic nitrogens is 3. The standard InChI is InChI=1S/C21H20N6OS/c1-26-8-10-27(11-9-26)20(28)14-6-7-17-18(12-14)29-21(24-17)25-19-13-22-15-4-2-3-5-16(15)23-19/h2-7,12-13H,8-11H2,1H3,(H,23,24,25). The topological polar surface area (TPSA) is 74.2 Å². The van der Waals surface area contributed by atoms with Gasteiger partial charge in [0.05, 0.1) is 27.4 Å². The van der Waals surface area contributed by atoms with Crippen LogP contribution in [0.15, 0.2) is 48.7 Å². The van der Waals surface area contributed by atoms with Gasteiger partial charge in [0.15, 0.2) is 10.9 Å². The summed E-state index contributed by atoms with van der Waals surface area (Å²) in [4.78, 5) is 30.6. The van der Waals surface area contributed by atoms with Crippen LogP contribution in [0.3, 0.4) is 0 Å². The van der Waals surface area contributed by atoms with E-state index in [0.717, 1.165) is 52.6 Å². The van der Waals surface area contributed by atoms with Gasteiger partial charge in [0.2, 0.25) is 0 Å². The second kappa shape index (κ2) is 7.38. The Balaban J connectivity index is 1.38. The molecule has 0 aliphatic carbocycles. The number of hydrogen-bond acceptors (Lipinski definition) is 7. The van der Waals surface area contributed by atoms with E-state index in [-0.39, 0.29) is 5.91 Å². The number of benzene rings is 2. The lowest BCUT2D eigenvalue weighted by atomic mass is 10.1. The SMILES string of the molecule is CN1CCN(C(=O)c2ccc3nc(Nc4cnc5ccccc5n4)sc3c2)CC1. The van der Waals surface area contributed by atoms with E-state index in [1.807, 2.05) is 47.4 Å². The quantitative estimate of drug-likeness (QED) is 0.564. The van der Waals surface area contributed by atoms with Gasteiger partial charge < -0.3 is 15.1 Å². The maximum Gasteiger partial charge on any atom is 0.253 e. The van der Waals surface area contributed by atoms with Crippen LogP contribution in [0.2, 0.25) is 0 Å². The summed E-state index contributed by atoms with van der Waals surface area (Å²) in [5.74, 6) is 0.736. The number of para-hydroxylation sites is 2. The number of fused-ring (bicyclic) bond motifs is 2. The highest BCUT2D eigenvalue weighted by Crippen LogP contribution is 2.29. The van der Waals surface area contributed by atoms with Crippen LogP contribution in [-0.4, -0.2) is 63.9 Å². The number of piperazine rings is 1. The van der Waals surface area contributed by atoms with Crippen molar-refractivity contribution in [2.75, 3.05) is 38.5 Å². The first kappa shape index (κ1) is 18.0. The molecule has 4 aromatic rings. The Kier molecular flexibility index (Phi) is 4.57. The van der Waals surface area contributed by atoms with E-state index in [4.69, 9.17) is 0 Å². The number of nitrogens with one attached hydrogen (secondary N) is 1. The summed E-state index contributed by atoms with van der Waals surface area (Å²) in [6.07, 6.45) is 1.71. The van der Waals surface area contributed by atoms with Crippen molar-refractivity contribution in [3.63, 3.8) is 0 Å². The Bertz CT molecular complexity index is 1200. The molecule has 7 nitrogen and oxygen atoms in total. The molecule has 5 rings (SSSR count). The lowest BCUT2D eigenvalue weighted by Gasteiger charge is -2.32. The lowest BCUT2D eigenvalue weighted by molar-refractivity contribution is 0.0664. The van der Waals surface area contributed by atoms with Crippen LogP contribution < -0.4 is 5.32 Å². The Hall–Kier alpha value is -3.10. The van der Waals surface area contributed by atoms with Gasteiger partial charge in [-0.2, -0.15) is 0 Å². The van der Waals surface area contributed by atoms with Crippen molar-refractivity contribution < 1.29 is 4.79 Å². The minimum Gasteiger partial charge on any atom is -0.336 e. The number of nitrogens with zero attached hydrogens (tertiary/aromatic N) is 5. The van der Waals surface area contributed by atoms with Gasteiger partial charge in [-0.3, -0.25) is 9.78 Å². The Morgan fingerprint density at radius 3 is 2.62 bits per heavy atom. The molecule has 29 heavy (non-hydrogen) atoms. The third-order valence-electron chi connectivity index (χ3n) is 5.11. The first-order valence-electron chi connectivity index (χ1n) is 9.53. The maximum atomic E-state index is 12.8. The van der Waals surface area contributed by atoms with Gasteiger partial charge in [0, 0.05) is 31.7 Å². The summed E-state index contributed by atoms with van der Waals surface area (Å²) in [6, 6.07) is 13.5. The average molecular weight is 404 g/mol. The fourth-order valence-corrected chi connectivity index (χ4v) is 4.34. The number of carbonyl (C=O) groups is 1. The summed E-state index contributed by atoms with van der Waals surface area (Å²) in [6.45, 7) is 3.36. The Labute approximate surface area is 172 Å². The van der Waals surface area contributed by atoms with Crippen molar-refractivity contribution in [2.45, 2.75) is 0 Å². The molecule has 2 aromatic carbocycles. The van der Waals surface area contributed by atoms with Crippen molar-refractivity contribution in [3.8, 4) is 0 Å². The summed E-state index contributed by atoms with van der Waals surface area (Å²) < 4.78 is 0.973. The van der Waals surface area contributed by atoms with Crippen molar-refractivity contribution in [1.82, 2.24) is 24.8 Å². The number of amides is 1. The largest absolute Gasteiger partial charge is 0.336 e. The molecule has 0 saturated carbocycles. The van der Waals surface area contributed by atoms with Crippen LogP contribution >= 0.6 is 11.3 Å². The highest BCUT2D eigenvalue weighted by atomic mass is 32.1. The third kappa shape index (κ3) is 3.64. The monoisotopic (exact) mass is 404 g/mol. The predicted octanol–water partition coefficient (Wildman–Crippen LogP) is 3.37. The number of carbonyl (C=O) groups excluding carboxylic acids is 1. The highest BCUT2D eigenvalue weighted by molar-refractivity contribution is 7.22. The zero-order valence-corrected chi connectivity index (χ0v) is 16.8. The number of anilines is 2. The van der Waals surface area contributed by atoms with E-state index in [9.17, 15) is 4.79 Å². The molecular weight excluding hydrogens is 384 g/mol. The minimum absolute atomic E-state index is 0.0864. The van der Waals surface area contributed by atoms with E-state index in [0.29, 0.717) is 11.4 Å². The number of rotatable bonds is 3. The van der Waals surface area contributed by atoms with Gasteiger partial charge in [-0.1, -0.05) is 23.5 Å². The van der Waals surface area contributed by atoms with Crippen LogP contribution in [0.25, 0.3) is 21.3 Å². The molecule has 1 aliphatic rings. The van der Waals surface area contributed by atoms with Crippen molar-refractivity contribution in [3.05, 3.63) is 54.2 Å². The molecule has 2 aromatic heterocycles. The van der Waals surface area contributed by atoms with Crippen LogP contribution in [0.5, 0.6) is 0 Å². The zero-order chi connectivity index (χ0) is 19.8. The molecule has 146 valence electrons. The molecule has 1 saturated heterocycles. The summed E-state index contributed by atoms with van der Waals surface area (Å²) >= 11 is 1.51. The maximum absolute atomic E-state index is 12.8. The first-order valence-corrected chi connectivity index (χ1v) is 10.3. The lowest BCUT2D eigenvalue weighted by Crippen LogP contribution is -2.47. The summed E-state index contributed by atoms with van der Waals surface area (Å²) in [5.41, 5.74) is 3.26. The fraction of sp³-hybridized carbons (Fsp3) is 0.238. The molecule has 8 heteroatoms. The van der Waals surface area contributed by atoms with Crippen LogP contribution in [0.1, 0.15) is 10.4 Å². The number of likely N-dealkylation sites (N-methyl/N-ethyl adjacent to an activating group) is 1. The van der Waals surface area contributed by atoms with Crippen LogP contribution in [-0.2, 0) is 0 Å². The molecule has 0 spiro atoms. The smallest absolute Gasteiger partial charge is 0.253 e. The van der Waals surface area contributed by atoms with E-state index in [1.54, 1.807) is 6.20 Å². The van der Waals surface area contributed by atoms with Gasteiger partial charge >= 0.3 is 0 Å². The molecule has 0 bridgehead atoms. The van der Waals surface area contributed by atoms with E-state index in [1.165, 1.54) is 11.3 Å². The number of hydrogen-bond donors (Lipinski definition) is 1. The molecule has 1 amide bonds. The second-order valence-corrected chi connectivity index (χ2v) is 8.20. The van der Waals surface area contributed by atoms with Crippen LogP contribution in [0.4, 0.5) is 10.9 Å². The molecule has 0 unspecified atom stereocenters. The average Bonchev–Trinajstić information content (AvgIpc) is 3.15. The summed E-state index contributed by atoms with van der Waals surface area (Å²) in [7, 11) is 2.08. The molecular formula is C21H20N6OS. The van der Waals surface area contributed by atoms with Gasteiger partial charge in [0.1, 0.15) is 0 Å². The van der Waals surface area contributed by atoms with Crippen LogP contribution in [0, 0.1) is 0 Å². The minimum atomic E-state index is 0.0864. The van der Waals surface area contributed by atoms with Gasteiger partial charge in [-0.05, 0) is 37.4 Å². The predicted molar refractivity (Wildman–Crippen MR) is 116 cm³/mol. The Morgan fingerprint density at radius 1 is 1.00 bits per heavy atom. The van der Waals surface area contributed by atoms with Crippen molar-refractivity contribution in [1.29, 1.82) is 0 Å². The normalized spacial score (nSPS) is 15.1. The second-order valence-electron chi connectivity index (χ2n) is 7.17. The van der Waals surface area contributed by atoms with E-state index in [2.05, 4.69) is 32.2 Å². The molecule has 0 radical (unpaired) electrons. The van der Waals surface area contributed by atoms with Crippen molar-refractivity contribution >= 4 is 49.4 Å². The third-order valence-corrected chi connectivity index (χ3v) is 6.04. The molecule has 3 heterocycles. The van der Waals surface area contributed by atoms with Gasteiger partial charge in [-0.25, -0.2) is 9.97 Å². The molecule has 1 N–H and O–H groups in total. The highest BCUT2D eigenvalue weighted by Gasteiger charge is 2.21. The molecule has 1 fully saturated rings. The summed E-state index contributed by atoms with van der Waals surface area (Å²) in [5, 5.41) is 3.97. The van der Waals surface area contributed by atoms with Crippen molar-refractivity contribution in [2.24, 2.45) is 0 Å². The van der Waals surface area contributed by atoms with Gasteiger partial charge in [-0.15, -0.1) is 0 Å². The number of thiazole rings is 1. The Morgan fingerprint density at radius 2 is 1.79 bits per heavy atom. The zero-order valence-electron chi connectivity index (χ0n) is 16.0. The molecule has 1 aliphatic heterocycles. The fourth-order valence-electron chi connectivity index (χ4n) is 3.43. The molecule has 0 atom stereocenters. The van der Waals surface area contributed by atoms with E-state index < -0.39 is 0 Å². The van der Waals surface area contributed by atoms with Gasteiger partial charge in [0.25, 0.3) is 5.91 Å². The van der Waals surface area contributed by atoms with E-state index >= 15 is 0 Å².